The maximum Gasteiger partial charge on any atom is 0.0482 e. The first-order valence-electron chi connectivity index (χ1n) is 21.6. The average Bonchev–Trinajstić information content (AvgIpc) is 3.67. The molecule has 0 saturated heterocycles. The van der Waals surface area contributed by atoms with E-state index >= 15 is 0 Å². The van der Waals surface area contributed by atoms with Crippen LogP contribution in [0, 0.1) is 35.0 Å². The molecule has 8 aliphatic rings. The van der Waals surface area contributed by atoms with Gasteiger partial charge >= 0.3 is 0 Å². The second-order valence-electron chi connectivity index (χ2n) is 18.2. The molecule has 2 nitrogen and oxygen atoms in total. The van der Waals surface area contributed by atoms with Crippen LogP contribution in [0.15, 0.2) is 138 Å². The predicted molar refractivity (Wildman–Crippen MR) is 222 cm³/mol. The Kier molecular flexibility index (Phi) is 8.80. The third-order valence-corrected chi connectivity index (χ3v) is 15.3. The Morgan fingerprint density at radius 2 is 1.47 bits per heavy atom. The van der Waals surface area contributed by atoms with Gasteiger partial charge in [0.15, 0.2) is 0 Å². The van der Waals surface area contributed by atoms with Gasteiger partial charge in [0.25, 0.3) is 0 Å². The minimum Gasteiger partial charge on any atom is -0.364 e. The molecule has 1 heterocycles. The molecule has 9 atom stereocenters. The molecule has 2 aromatic carbocycles. The maximum atomic E-state index is 2.97. The Morgan fingerprint density at radius 3 is 2.32 bits per heavy atom. The molecule has 0 aromatic heterocycles. The minimum absolute atomic E-state index is 0.194. The normalized spacial score (nSPS) is 35.3. The summed E-state index contributed by atoms with van der Waals surface area (Å²) < 4.78 is 0. The highest BCUT2D eigenvalue weighted by Gasteiger charge is 2.50. The molecule has 53 heavy (non-hydrogen) atoms. The van der Waals surface area contributed by atoms with Crippen molar-refractivity contribution in [1.29, 1.82) is 0 Å². The second-order valence-corrected chi connectivity index (χ2v) is 18.2. The van der Waals surface area contributed by atoms with E-state index in [0.29, 0.717) is 41.9 Å². The Labute approximate surface area is 319 Å². The maximum absolute atomic E-state index is 2.97. The Hall–Kier alpha value is -3.78. The van der Waals surface area contributed by atoms with Crippen molar-refractivity contribution in [3.63, 3.8) is 0 Å². The van der Waals surface area contributed by atoms with Crippen molar-refractivity contribution in [3.8, 4) is 11.1 Å². The molecule has 7 aliphatic carbocycles. The summed E-state index contributed by atoms with van der Waals surface area (Å²) in [7, 11) is 0. The molecule has 1 aliphatic heterocycles. The quantitative estimate of drug-likeness (QED) is 0.277. The number of benzene rings is 2. The zero-order chi connectivity index (χ0) is 35.5. The van der Waals surface area contributed by atoms with Crippen LogP contribution in [0.4, 0.5) is 5.69 Å². The van der Waals surface area contributed by atoms with E-state index in [0.717, 1.165) is 11.8 Å². The van der Waals surface area contributed by atoms with Gasteiger partial charge in [0.1, 0.15) is 0 Å². The van der Waals surface area contributed by atoms with Gasteiger partial charge < -0.3 is 9.80 Å². The van der Waals surface area contributed by atoms with Crippen LogP contribution in [-0.2, 0) is 0 Å². The molecule has 2 aromatic rings. The first kappa shape index (κ1) is 33.8. The second kappa shape index (κ2) is 13.8. The summed E-state index contributed by atoms with van der Waals surface area (Å²) in [6.07, 6.45) is 42.4. The third kappa shape index (κ3) is 5.80. The van der Waals surface area contributed by atoms with Crippen molar-refractivity contribution < 1.29 is 0 Å². The molecule has 0 N–H and O–H groups in total. The standard InChI is InChI=1S/C51H60N2/c1-51(2)46-20-10-6-17-42(46)43-33-32-40(34-47(43)51)52(38-28-24-36(25-29-38)35-14-4-3-5-15-35)39-30-26-37(27-31-39)41-16-7-11-21-48(41)53-49-22-12-8-18-44(49)45-19-9-13-23-50(45)53/h3-5,7-8,11,13-15,18,20,23-26,28-30,34,37,39-44,48-49H,6,9-10,12,16-17,19,21-22,27,31-33H2,1-2H3. The van der Waals surface area contributed by atoms with E-state index in [1.807, 2.05) is 0 Å². The smallest absolute Gasteiger partial charge is 0.0482 e. The molecule has 0 bridgehead atoms. The van der Waals surface area contributed by atoms with E-state index in [2.05, 4.69) is 139 Å². The van der Waals surface area contributed by atoms with Crippen molar-refractivity contribution in [1.82, 2.24) is 4.90 Å². The van der Waals surface area contributed by atoms with Crippen LogP contribution < -0.4 is 4.90 Å². The summed E-state index contributed by atoms with van der Waals surface area (Å²) in [6.45, 7) is 5.08. The summed E-state index contributed by atoms with van der Waals surface area (Å²) in [5.74, 6) is 3.48. The van der Waals surface area contributed by atoms with E-state index in [9.17, 15) is 0 Å². The van der Waals surface area contributed by atoms with Crippen molar-refractivity contribution >= 4 is 5.69 Å². The van der Waals surface area contributed by atoms with Gasteiger partial charge in [0, 0.05) is 46.9 Å². The number of allylic oxidation sites excluding steroid dienone is 8. The lowest BCUT2D eigenvalue weighted by Gasteiger charge is -2.47. The Balaban J connectivity index is 0.961. The zero-order valence-corrected chi connectivity index (χ0v) is 32.3. The number of hydrogen-bond donors (Lipinski definition) is 0. The number of hydrogen-bond acceptors (Lipinski definition) is 2. The first-order chi connectivity index (χ1) is 26.1. The summed E-state index contributed by atoms with van der Waals surface area (Å²) in [6, 6.07) is 22.6. The molecular formula is C51H60N2. The van der Waals surface area contributed by atoms with Crippen molar-refractivity contribution in [3.05, 3.63) is 138 Å². The Morgan fingerprint density at radius 1 is 0.660 bits per heavy atom. The van der Waals surface area contributed by atoms with Crippen molar-refractivity contribution in [2.45, 2.75) is 121 Å². The van der Waals surface area contributed by atoms with Crippen LogP contribution in [0.1, 0.15) is 97.3 Å². The van der Waals surface area contributed by atoms with Gasteiger partial charge in [-0.15, -0.1) is 0 Å². The third-order valence-electron chi connectivity index (χ3n) is 15.3. The van der Waals surface area contributed by atoms with Crippen LogP contribution in [0.25, 0.3) is 11.1 Å². The van der Waals surface area contributed by atoms with Gasteiger partial charge in [-0.3, -0.25) is 0 Å². The van der Waals surface area contributed by atoms with Crippen LogP contribution in [-0.4, -0.2) is 29.1 Å². The number of anilines is 1. The number of fused-ring (bicyclic) bond motifs is 5. The largest absolute Gasteiger partial charge is 0.364 e. The lowest BCUT2D eigenvalue weighted by atomic mass is 9.73. The zero-order valence-electron chi connectivity index (χ0n) is 32.3. The van der Waals surface area contributed by atoms with E-state index < -0.39 is 0 Å². The molecule has 0 spiro atoms. The van der Waals surface area contributed by atoms with Crippen molar-refractivity contribution in [2.75, 3.05) is 4.90 Å². The van der Waals surface area contributed by atoms with E-state index in [4.69, 9.17) is 0 Å². The van der Waals surface area contributed by atoms with Crippen LogP contribution in [0.5, 0.6) is 0 Å². The highest BCUT2D eigenvalue weighted by atomic mass is 15.2. The van der Waals surface area contributed by atoms with Gasteiger partial charge in [0.05, 0.1) is 0 Å². The summed E-state index contributed by atoms with van der Waals surface area (Å²) >= 11 is 0. The Bertz CT molecular complexity index is 1900. The molecule has 0 amide bonds. The van der Waals surface area contributed by atoms with Crippen LogP contribution in [0.2, 0.25) is 0 Å². The molecule has 1 saturated carbocycles. The van der Waals surface area contributed by atoms with Gasteiger partial charge in [-0.25, -0.2) is 0 Å². The molecule has 10 rings (SSSR count). The van der Waals surface area contributed by atoms with Crippen LogP contribution >= 0.6 is 0 Å². The lowest BCUT2D eigenvalue weighted by Crippen LogP contribution is -2.49. The molecule has 1 fully saturated rings. The summed E-state index contributed by atoms with van der Waals surface area (Å²) in [5, 5.41) is 0. The lowest BCUT2D eigenvalue weighted by molar-refractivity contribution is 0.103. The van der Waals surface area contributed by atoms with Gasteiger partial charge in [-0.1, -0.05) is 122 Å². The highest BCUT2D eigenvalue weighted by Crippen LogP contribution is 2.60. The predicted octanol–water partition coefficient (Wildman–Crippen LogP) is 12.6. The van der Waals surface area contributed by atoms with E-state index in [1.165, 1.54) is 100 Å². The van der Waals surface area contributed by atoms with Gasteiger partial charge in [0.2, 0.25) is 0 Å². The number of nitrogens with zero attached hydrogens (tertiary/aromatic N) is 2. The number of rotatable bonds is 6. The molecule has 9 unspecified atom stereocenters. The average molecular weight is 701 g/mol. The van der Waals surface area contributed by atoms with Crippen molar-refractivity contribution in [2.24, 2.45) is 35.0 Å². The fourth-order valence-electron chi connectivity index (χ4n) is 12.9. The first-order valence-corrected chi connectivity index (χ1v) is 21.6. The molecule has 2 heteroatoms. The molecule has 274 valence electrons. The monoisotopic (exact) mass is 700 g/mol. The van der Waals surface area contributed by atoms with Gasteiger partial charge in [-0.05, 0) is 142 Å². The van der Waals surface area contributed by atoms with Crippen LogP contribution in [0.3, 0.4) is 0 Å². The fourth-order valence-corrected chi connectivity index (χ4v) is 12.9. The van der Waals surface area contributed by atoms with Gasteiger partial charge in [-0.2, -0.15) is 0 Å². The highest BCUT2D eigenvalue weighted by molar-refractivity contribution is 5.67. The van der Waals surface area contributed by atoms with E-state index in [-0.39, 0.29) is 5.41 Å². The summed E-state index contributed by atoms with van der Waals surface area (Å²) in [5.41, 5.74) is 11.0. The molecular weight excluding hydrogens is 641 g/mol. The molecule has 0 radical (unpaired) electrons. The summed E-state index contributed by atoms with van der Waals surface area (Å²) in [4.78, 5) is 5.83. The minimum atomic E-state index is 0.194. The fraction of sp³-hybridized carbons (Fsp3) is 0.490. The topological polar surface area (TPSA) is 6.48 Å². The SMILES string of the molecule is CC1(C)C2=CCCCC2C2CCC(N(c3ccc(-c4ccccc4)cc3)C3C=CC(C4CC=CCC4N4C5=C(CCC=C5)C5C=CCCC54)CC3)C=C21. The van der Waals surface area contributed by atoms with E-state index in [1.54, 1.807) is 22.4 Å².